The van der Waals surface area contributed by atoms with Gasteiger partial charge in [0.1, 0.15) is 0 Å². The molecule has 0 amide bonds. The summed E-state index contributed by atoms with van der Waals surface area (Å²) in [4.78, 5) is 8.39. The van der Waals surface area contributed by atoms with Crippen molar-refractivity contribution in [2.45, 2.75) is 6.18 Å². The van der Waals surface area contributed by atoms with Crippen LogP contribution in [0, 0.1) is 0 Å². The van der Waals surface area contributed by atoms with Gasteiger partial charge in [-0.2, -0.15) is 13.2 Å². The Balaban J connectivity index is 1.83. The van der Waals surface area contributed by atoms with Crippen LogP contribution >= 0.6 is 0 Å². The lowest BCUT2D eigenvalue weighted by atomic mass is 10.1. The Kier molecular flexibility index (Phi) is 3.53. The Bertz CT molecular complexity index is 1050. The minimum absolute atomic E-state index is 0.411. The van der Waals surface area contributed by atoms with Crippen LogP contribution in [0.5, 0.6) is 0 Å². The molecule has 3 nitrogen and oxygen atoms in total. The summed E-state index contributed by atoms with van der Waals surface area (Å²) in [6.45, 7) is 0. The molecular weight excluding hydrogens is 327 g/mol. The summed E-state index contributed by atoms with van der Waals surface area (Å²) < 4.78 is 40.6. The standard InChI is InChI=1S/C19H12F3N3/c20-19(21,22)15-4-1-5-16(10-15)25-12-23-11-18(25)14-6-7-17-13(9-14)3-2-8-24-17/h1-12H. The van der Waals surface area contributed by atoms with Crippen molar-refractivity contribution in [3.63, 3.8) is 0 Å². The first-order chi connectivity index (χ1) is 12.0. The summed E-state index contributed by atoms with van der Waals surface area (Å²) >= 11 is 0. The summed E-state index contributed by atoms with van der Waals surface area (Å²) in [7, 11) is 0. The number of fused-ring (bicyclic) bond motifs is 1. The van der Waals surface area contributed by atoms with Gasteiger partial charge in [-0.3, -0.25) is 9.55 Å². The van der Waals surface area contributed by atoms with Gasteiger partial charge in [-0.05, 0) is 36.4 Å². The van der Waals surface area contributed by atoms with Crippen molar-refractivity contribution in [1.29, 1.82) is 0 Å². The van der Waals surface area contributed by atoms with E-state index in [4.69, 9.17) is 0 Å². The number of aromatic nitrogens is 3. The zero-order valence-electron chi connectivity index (χ0n) is 12.9. The average Bonchev–Trinajstić information content (AvgIpc) is 3.10. The van der Waals surface area contributed by atoms with Crippen LogP contribution < -0.4 is 0 Å². The number of hydrogen-bond acceptors (Lipinski definition) is 2. The van der Waals surface area contributed by atoms with Crippen LogP contribution in [0.1, 0.15) is 5.56 Å². The van der Waals surface area contributed by atoms with Crippen LogP contribution in [0.25, 0.3) is 27.8 Å². The molecule has 0 aliphatic heterocycles. The van der Waals surface area contributed by atoms with E-state index < -0.39 is 11.7 Å². The Hall–Kier alpha value is -3.15. The first-order valence-electron chi connectivity index (χ1n) is 7.57. The third-order valence-electron chi connectivity index (χ3n) is 3.99. The Morgan fingerprint density at radius 3 is 2.64 bits per heavy atom. The highest BCUT2D eigenvalue weighted by Gasteiger charge is 2.30. The minimum atomic E-state index is -4.38. The van der Waals surface area contributed by atoms with Crippen LogP contribution in [-0.2, 0) is 6.18 Å². The molecule has 6 heteroatoms. The molecule has 0 atom stereocenters. The molecule has 124 valence electrons. The molecule has 0 saturated carbocycles. The van der Waals surface area contributed by atoms with Crippen molar-refractivity contribution in [1.82, 2.24) is 14.5 Å². The fourth-order valence-electron chi connectivity index (χ4n) is 2.78. The normalized spacial score (nSPS) is 11.8. The molecule has 0 aliphatic rings. The SMILES string of the molecule is FC(F)(F)c1cccc(-n2cncc2-c2ccc3ncccc3c2)c1. The molecule has 0 unspecified atom stereocenters. The van der Waals surface area contributed by atoms with Crippen molar-refractivity contribution < 1.29 is 13.2 Å². The van der Waals surface area contributed by atoms with Crippen LogP contribution in [0.2, 0.25) is 0 Å². The summed E-state index contributed by atoms with van der Waals surface area (Å²) in [6, 6.07) is 14.7. The Morgan fingerprint density at radius 1 is 0.920 bits per heavy atom. The molecule has 0 spiro atoms. The molecular formula is C19H12F3N3. The highest BCUT2D eigenvalue weighted by Crippen LogP contribution is 2.32. The fourth-order valence-corrected chi connectivity index (χ4v) is 2.78. The number of nitrogens with zero attached hydrogens (tertiary/aromatic N) is 3. The third kappa shape index (κ3) is 2.87. The summed E-state index contributed by atoms with van der Waals surface area (Å²) in [6.07, 6.45) is 0.482. The van der Waals surface area contributed by atoms with E-state index in [0.717, 1.165) is 28.6 Å². The molecule has 25 heavy (non-hydrogen) atoms. The molecule has 0 N–H and O–H groups in total. The Labute approximate surface area is 141 Å². The fraction of sp³-hybridized carbons (Fsp3) is 0.0526. The summed E-state index contributed by atoms with van der Waals surface area (Å²) in [5.41, 5.74) is 2.15. The van der Waals surface area contributed by atoms with E-state index in [9.17, 15) is 13.2 Å². The molecule has 0 bridgehead atoms. The molecule has 4 rings (SSSR count). The van der Waals surface area contributed by atoms with Gasteiger partial charge in [-0.25, -0.2) is 4.98 Å². The molecule has 2 aromatic heterocycles. The van der Waals surface area contributed by atoms with Gasteiger partial charge in [0, 0.05) is 22.8 Å². The molecule has 0 fully saturated rings. The van der Waals surface area contributed by atoms with Crippen LogP contribution in [0.15, 0.2) is 73.3 Å². The molecule has 0 saturated heterocycles. The largest absolute Gasteiger partial charge is 0.416 e. The number of pyridine rings is 1. The second-order valence-corrected chi connectivity index (χ2v) is 5.61. The van der Waals surface area contributed by atoms with E-state index in [-0.39, 0.29) is 0 Å². The van der Waals surface area contributed by atoms with Crippen LogP contribution in [-0.4, -0.2) is 14.5 Å². The van der Waals surface area contributed by atoms with E-state index in [1.165, 1.54) is 12.4 Å². The maximum Gasteiger partial charge on any atom is 0.416 e. The van der Waals surface area contributed by atoms with Gasteiger partial charge in [0.2, 0.25) is 0 Å². The van der Waals surface area contributed by atoms with Crippen LogP contribution in [0.4, 0.5) is 13.2 Å². The van der Waals surface area contributed by atoms with Gasteiger partial charge in [-0.1, -0.05) is 18.2 Å². The monoisotopic (exact) mass is 339 g/mol. The maximum absolute atomic E-state index is 13.0. The van der Waals surface area contributed by atoms with Gasteiger partial charge in [0.25, 0.3) is 0 Å². The highest BCUT2D eigenvalue weighted by molar-refractivity contribution is 5.83. The van der Waals surface area contributed by atoms with Crippen molar-refractivity contribution >= 4 is 10.9 Å². The van der Waals surface area contributed by atoms with Gasteiger partial charge in [0.05, 0.1) is 29.3 Å². The second kappa shape index (κ2) is 5.73. The molecule has 4 aromatic rings. The Morgan fingerprint density at radius 2 is 1.80 bits per heavy atom. The van der Waals surface area contributed by atoms with E-state index in [1.54, 1.807) is 23.0 Å². The maximum atomic E-state index is 13.0. The lowest BCUT2D eigenvalue weighted by Crippen LogP contribution is -2.06. The van der Waals surface area contributed by atoms with E-state index >= 15 is 0 Å². The zero-order chi connectivity index (χ0) is 17.4. The quantitative estimate of drug-likeness (QED) is 0.508. The smallest absolute Gasteiger partial charge is 0.299 e. The predicted octanol–water partition coefficient (Wildman–Crippen LogP) is 5.11. The van der Waals surface area contributed by atoms with Crippen LogP contribution in [0.3, 0.4) is 0 Å². The number of imidazole rings is 1. The molecule has 2 heterocycles. The number of halogens is 3. The second-order valence-electron chi connectivity index (χ2n) is 5.61. The minimum Gasteiger partial charge on any atom is -0.299 e. The van der Waals surface area contributed by atoms with E-state index in [2.05, 4.69) is 9.97 Å². The van der Waals surface area contributed by atoms with Gasteiger partial charge in [-0.15, -0.1) is 0 Å². The average molecular weight is 339 g/mol. The summed E-state index contributed by atoms with van der Waals surface area (Å²) in [5, 5.41) is 0.955. The first-order valence-corrected chi connectivity index (χ1v) is 7.57. The van der Waals surface area contributed by atoms with E-state index in [1.807, 2.05) is 30.3 Å². The van der Waals surface area contributed by atoms with Crippen molar-refractivity contribution in [3.05, 3.63) is 78.9 Å². The van der Waals surface area contributed by atoms with Crippen molar-refractivity contribution in [3.8, 4) is 16.9 Å². The third-order valence-corrected chi connectivity index (χ3v) is 3.99. The van der Waals surface area contributed by atoms with Crippen molar-refractivity contribution in [2.75, 3.05) is 0 Å². The van der Waals surface area contributed by atoms with Crippen molar-refractivity contribution in [2.24, 2.45) is 0 Å². The molecule has 2 aromatic carbocycles. The molecule has 0 radical (unpaired) electrons. The lowest BCUT2D eigenvalue weighted by Gasteiger charge is -2.12. The van der Waals surface area contributed by atoms with Gasteiger partial charge >= 0.3 is 6.18 Å². The number of rotatable bonds is 2. The van der Waals surface area contributed by atoms with E-state index in [0.29, 0.717) is 11.4 Å². The van der Waals surface area contributed by atoms with Gasteiger partial charge < -0.3 is 0 Å². The zero-order valence-corrected chi connectivity index (χ0v) is 12.9. The summed E-state index contributed by atoms with van der Waals surface area (Å²) in [5.74, 6) is 0. The number of benzene rings is 2. The lowest BCUT2D eigenvalue weighted by molar-refractivity contribution is -0.137. The molecule has 0 aliphatic carbocycles. The first kappa shape index (κ1) is 15.4. The topological polar surface area (TPSA) is 30.7 Å². The highest BCUT2D eigenvalue weighted by atomic mass is 19.4. The predicted molar refractivity (Wildman–Crippen MR) is 89.3 cm³/mol. The van der Waals surface area contributed by atoms with Gasteiger partial charge in [0.15, 0.2) is 0 Å². The number of alkyl halides is 3. The number of hydrogen-bond donors (Lipinski definition) is 0.